The maximum Gasteiger partial charge on any atom is 0.342 e. The lowest BCUT2D eigenvalue weighted by molar-refractivity contribution is -0.126. The number of phenolic OH excluding ortho intramolecular Hbond substituents is 1. The van der Waals surface area contributed by atoms with Crippen LogP contribution in [0.1, 0.15) is 52.4 Å². The second-order valence-electron chi connectivity index (χ2n) is 8.49. The Hall–Kier alpha value is -3.88. The highest BCUT2D eigenvalue weighted by atomic mass is 16.5. The van der Waals surface area contributed by atoms with Crippen LogP contribution in [0.25, 0.3) is 0 Å². The molecule has 9 heteroatoms. The summed E-state index contributed by atoms with van der Waals surface area (Å²) in [6.45, 7) is 3.84. The van der Waals surface area contributed by atoms with Crippen LogP contribution in [0, 0.1) is 6.92 Å². The van der Waals surface area contributed by atoms with Gasteiger partial charge in [0.05, 0.1) is 7.11 Å². The van der Waals surface area contributed by atoms with Crippen LogP contribution in [-0.4, -0.2) is 41.0 Å². The van der Waals surface area contributed by atoms with Gasteiger partial charge in [0.15, 0.2) is 0 Å². The van der Waals surface area contributed by atoms with E-state index in [9.17, 15) is 19.5 Å². The zero-order valence-electron chi connectivity index (χ0n) is 19.4. The summed E-state index contributed by atoms with van der Waals surface area (Å²) in [6.07, 6.45) is 4.93. The summed E-state index contributed by atoms with van der Waals surface area (Å²) in [7, 11) is 1.52. The highest BCUT2D eigenvalue weighted by molar-refractivity contribution is 5.99. The molecule has 1 aromatic heterocycles. The van der Waals surface area contributed by atoms with E-state index >= 15 is 0 Å². The molecule has 2 amide bonds. The van der Waals surface area contributed by atoms with Crippen molar-refractivity contribution in [3.05, 3.63) is 57.8 Å². The molecule has 4 rings (SSSR count). The van der Waals surface area contributed by atoms with Gasteiger partial charge in [-0.1, -0.05) is 17.7 Å². The number of pyridine rings is 1. The molecule has 2 aliphatic heterocycles. The normalized spacial score (nSPS) is 16.9. The number of aromatic nitrogens is 1. The predicted molar refractivity (Wildman–Crippen MR) is 124 cm³/mol. The number of rotatable bonds is 7. The monoisotopic (exact) mass is 465 g/mol. The molecule has 178 valence electrons. The van der Waals surface area contributed by atoms with Crippen molar-refractivity contribution in [1.82, 2.24) is 10.3 Å². The van der Waals surface area contributed by atoms with Crippen LogP contribution < -0.4 is 15.4 Å². The Balaban J connectivity index is 1.38. The molecule has 3 heterocycles. The number of allylic oxidation sites excluding steroid dienone is 2. The molecule has 0 radical (unpaired) electrons. The topological polar surface area (TPSA) is 127 Å². The third kappa shape index (κ3) is 4.46. The van der Waals surface area contributed by atoms with Crippen molar-refractivity contribution < 1.29 is 29.0 Å². The van der Waals surface area contributed by atoms with Crippen LogP contribution in [0.3, 0.4) is 0 Å². The van der Waals surface area contributed by atoms with Crippen LogP contribution in [0.15, 0.2) is 30.0 Å². The number of esters is 1. The van der Waals surface area contributed by atoms with E-state index < -0.39 is 12.0 Å². The number of nitrogens with one attached hydrogen (secondary N) is 2. The second kappa shape index (κ2) is 9.54. The number of hydrogen-bond donors (Lipinski definition) is 3. The van der Waals surface area contributed by atoms with Gasteiger partial charge in [0.1, 0.15) is 35.5 Å². The Kier molecular flexibility index (Phi) is 6.54. The van der Waals surface area contributed by atoms with Gasteiger partial charge in [-0.05, 0) is 43.9 Å². The number of ether oxygens (including phenoxy) is 2. The van der Waals surface area contributed by atoms with Crippen LogP contribution in [0.5, 0.6) is 11.5 Å². The van der Waals surface area contributed by atoms with Crippen molar-refractivity contribution in [2.75, 3.05) is 12.4 Å². The van der Waals surface area contributed by atoms with Gasteiger partial charge < -0.3 is 25.2 Å². The van der Waals surface area contributed by atoms with E-state index in [0.717, 1.165) is 16.7 Å². The SMILES string of the molecule is COc1c(C)c2c(c(O)c1C/C=C(\C)CCC(=O)NC1Cc3cccnc3NC1=O)C(=O)OC2. The third-order valence-corrected chi connectivity index (χ3v) is 6.26. The average Bonchev–Trinajstić information content (AvgIpc) is 3.21. The Morgan fingerprint density at radius 3 is 2.94 bits per heavy atom. The molecule has 1 aromatic carbocycles. The van der Waals surface area contributed by atoms with Gasteiger partial charge in [-0.2, -0.15) is 0 Å². The summed E-state index contributed by atoms with van der Waals surface area (Å²) in [5.41, 5.74) is 3.93. The lowest BCUT2D eigenvalue weighted by atomic mass is 9.94. The van der Waals surface area contributed by atoms with Gasteiger partial charge in [-0.25, -0.2) is 9.78 Å². The number of nitrogens with zero attached hydrogens (tertiary/aromatic N) is 1. The van der Waals surface area contributed by atoms with E-state index in [-0.39, 0.29) is 36.2 Å². The Bertz CT molecular complexity index is 1200. The number of carbonyl (C=O) groups is 3. The van der Waals surface area contributed by atoms with E-state index in [1.165, 1.54) is 7.11 Å². The molecule has 9 nitrogen and oxygen atoms in total. The maximum absolute atomic E-state index is 12.5. The fourth-order valence-corrected chi connectivity index (χ4v) is 4.33. The molecule has 1 atom stereocenters. The van der Waals surface area contributed by atoms with Crippen molar-refractivity contribution >= 4 is 23.6 Å². The van der Waals surface area contributed by atoms with Gasteiger partial charge in [-0.15, -0.1) is 0 Å². The van der Waals surface area contributed by atoms with Crippen molar-refractivity contribution in [3.63, 3.8) is 0 Å². The van der Waals surface area contributed by atoms with Crippen LogP contribution in [-0.2, 0) is 33.8 Å². The van der Waals surface area contributed by atoms with E-state index in [2.05, 4.69) is 15.6 Å². The van der Waals surface area contributed by atoms with Gasteiger partial charge in [-0.3, -0.25) is 9.59 Å². The zero-order valence-corrected chi connectivity index (χ0v) is 19.4. The number of cyclic esters (lactones) is 1. The van der Waals surface area contributed by atoms with Crippen molar-refractivity contribution in [1.29, 1.82) is 0 Å². The van der Waals surface area contributed by atoms with E-state index in [1.54, 1.807) is 12.3 Å². The lowest BCUT2D eigenvalue weighted by Gasteiger charge is -2.24. The number of aromatic hydroxyl groups is 1. The summed E-state index contributed by atoms with van der Waals surface area (Å²) in [6, 6.07) is 3.03. The number of fused-ring (bicyclic) bond motifs is 2. The molecule has 0 bridgehead atoms. The number of anilines is 1. The Morgan fingerprint density at radius 2 is 2.18 bits per heavy atom. The number of benzene rings is 1. The Labute approximate surface area is 197 Å². The molecule has 0 spiro atoms. The highest BCUT2D eigenvalue weighted by Crippen LogP contribution is 2.42. The molecule has 2 aliphatic rings. The zero-order chi connectivity index (χ0) is 24.4. The summed E-state index contributed by atoms with van der Waals surface area (Å²) in [5, 5.41) is 16.2. The van der Waals surface area contributed by atoms with E-state index in [0.29, 0.717) is 42.0 Å². The fourth-order valence-electron chi connectivity index (χ4n) is 4.33. The first-order chi connectivity index (χ1) is 16.3. The minimum Gasteiger partial charge on any atom is -0.507 e. The summed E-state index contributed by atoms with van der Waals surface area (Å²) in [4.78, 5) is 40.9. The molecule has 0 aliphatic carbocycles. The van der Waals surface area contributed by atoms with Crippen LogP contribution in [0.2, 0.25) is 0 Å². The lowest BCUT2D eigenvalue weighted by Crippen LogP contribution is -2.47. The highest BCUT2D eigenvalue weighted by Gasteiger charge is 2.32. The van der Waals surface area contributed by atoms with Crippen molar-refractivity contribution in [2.45, 2.75) is 52.2 Å². The van der Waals surface area contributed by atoms with Crippen molar-refractivity contribution in [2.24, 2.45) is 0 Å². The summed E-state index contributed by atoms with van der Waals surface area (Å²) >= 11 is 0. The number of phenols is 1. The number of hydrogen-bond acceptors (Lipinski definition) is 7. The third-order valence-electron chi connectivity index (χ3n) is 6.26. The Morgan fingerprint density at radius 1 is 1.38 bits per heavy atom. The largest absolute Gasteiger partial charge is 0.507 e. The minimum atomic E-state index is -0.635. The van der Waals surface area contributed by atoms with Gasteiger partial charge in [0.25, 0.3) is 0 Å². The first-order valence-electron chi connectivity index (χ1n) is 11.1. The summed E-state index contributed by atoms with van der Waals surface area (Å²) < 4.78 is 10.6. The molecule has 3 N–H and O–H groups in total. The molecule has 1 unspecified atom stereocenters. The molecule has 0 saturated heterocycles. The van der Waals surface area contributed by atoms with Crippen LogP contribution in [0.4, 0.5) is 5.82 Å². The minimum absolute atomic E-state index is 0.120. The quantitative estimate of drug-likeness (QED) is 0.424. The number of amides is 2. The predicted octanol–water partition coefficient (Wildman–Crippen LogP) is 2.72. The molecule has 2 aromatic rings. The molecule has 0 fully saturated rings. The standard InChI is InChI=1S/C25H27N3O6/c1-13(6-8-16-21(30)20-17(12-34-25(20)32)14(2)22(16)33-3)7-9-19(29)27-18-11-15-5-4-10-26-23(15)28-24(18)31/h4-6,10,18,30H,7-9,11-12H2,1-3H3,(H,27,29)(H,26,28,31)/b13-6+. The molecule has 34 heavy (non-hydrogen) atoms. The first-order valence-corrected chi connectivity index (χ1v) is 11.1. The van der Waals surface area contributed by atoms with Gasteiger partial charge in [0.2, 0.25) is 11.8 Å². The van der Waals surface area contributed by atoms with E-state index in [1.807, 2.05) is 26.0 Å². The molecular formula is C25H27N3O6. The van der Waals surface area contributed by atoms with E-state index in [4.69, 9.17) is 9.47 Å². The summed E-state index contributed by atoms with van der Waals surface area (Å²) in [5.74, 6) is -0.113. The average molecular weight is 466 g/mol. The van der Waals surface area contributed by atoms with Crippen molar-refractivity contribution in [3.8, 4) is 11.5 Å². The van der Waals surface area contributed by atoms with Gasteiger partial charge >= 0.3 is 5.97 Å². The fraction of sp³-hybridized carbons (Fsp3) is 0.360. The smallest absolute Gasteiger partial charge is 0.342 e. The van der Waals surface area contributed by atoms with Crippen LogP contribution >= 0.6 is 0 Å². The maximum atomic E-state index is 12.5. The molecule has 0 saturated carbocycles. The first kappa shape index (κ1) is 23.3. The van der Waals surface area contributed by atoms with Gasteiger partial charge in [0, 0.05) is 30.2 Å². The number of carbonyl (C=O) groups excluding carboxylic acids is 3. The number of methoxy groups -OCH3 is 1. The second-order valence-corrected chi connectivity index (χ2v) is 8.49. The molecular weight excluding hydrogens is 438 g/mol.